The van der Waals surface area contributed by atoms with E-state index in [0.717, 1.165) is 18.2 Å². The molecule has 1 aromatic carbocycles. The molecule has 1 N–H and O–H groups in total. The van der Waals surface area contributed by atoms with Crippen LogP contribution in [0.3, 0.4) is 0 Å². The van der Waals surface area contributed by atoms with E-state index in [-0.39, 0.29) is 51.9 Å². The molecule has 1 atom stereocenters. The number of ketones is 1. The number of alkyl halides is 2. The second-order valence-electron chi connectivity index (χ2n) is 10.9. The number of carbonyl (C=O) groups excluding carboxylic acids is 1. The summed E-state index contributed by atoms with van der Waals surface area (Å²) in [5.74, 6) is -0.00502. The fourth-order valence-electron chi connectivity index (χ4n) is 5.00. The van der Waals surface area contributed by atoms with Crippen molar-refractivity contribution in [2.45, 2.75) is 51.4 Å². The van der Waals surface area contributed by atoms with E-state index in [0.29, 0.717) is 28.3 Å². The number of carbonyl (C=O) groups is 1. The second-order valence-corrected chi connectivity index (χ2v) is 12.9. The minimum absolute atomic E-state index is 0.0269. The number of nitrogens with one attached hydrogen (secondary N) is 1. The Morgan fingerprint density at radius 1 is 1.24 bits per heavy atom. The molecule has 1 aliphatic heterocycles. The molecule has 0 saturated heterocycles. The zero-order valence-electron chi connectivity index (χ0n) is 21.8. The summed E-state index contributed by atoms with van der Waals surface area (Å²) in [6.45, 7) is 5.95. The highest BCUT2D eigenvalue weighted by Gasteiger charge is 2.50. The fraction of sp³-hybridized carbons (Fsp3) is 0.407. The van der Waals surface area contributed by atoms with Crippen molar-refractivity contribution >= 4 is 38.4 Å². The van der Waals surface area contributed by atoms with Gasteiger partial charge in [-0.15, -0.1) is 0 Å². The van der Waals surface area contributed by atoms with E-state index < -0.39 is 16.3 Å². The summed E-state index contributed by atoms with van der Waals surface area (Å²) in [6, 6.07) is 6.52. The van der Waals surface area contributed by atoms with Gasteiger partial charge in [-0.25, -0.2) is 22.2 Å². The summed E-state index contributed by atoms with van der Waals surface area (Å²) in [4.78, 5) is 21.4. The molecule has 8 nitrogen and oxygen atoms in total. The summed E-state index contributed by atoms with van der Waals surface area (Å²) in [5.41, 5.74) is 3.42. The molecule has 0 amide bonds. The number of aromatic nitrogens is 3. The SMILES string of the molecule is Cc1cn(C)nc1-c1ccc(Nc2cc(CC(=O)[C@H]3CC3(C)C)nc3c2N=C(C(F)F)C3)c(S(C)(=O)=O)c1. The summed E-state index contributed by atoms with van der Waals surface area (Å²) in [6.07, 6.45) is 0.939. The molecule has 5 rings (SSSR count). The van der Waals surface area contributed by atoms with E-state index in [1.165, 1.54) is 0 Å². The molecule has 2 aromatic heterocycles. The van der Waals surface area contributed by atoms with Crippen LogP contribution in [0.15, 0.2) is 40.4 Å². The normalized spacial score (nSPS) is 17.9. The van der Waals surface area contributed by atoms with Crippen molar-refractivity contribution in [3.05, 3.63) is 47.4 Å². The van der Waals surface area contributed by atoms with Gasteiger partial charge in [0, 0.05) is 43.8 Å². The molecule has 11 heteroatoms. The molecular weight excluding hydrogens is 512 g/mol. The van der Waals surface area contributed by atoms with Crippen molar-refractivity contribution in [3.63, 3.8) is 0 Å². The van der Waals surface area contributed by atoms with Gasteiger partial charge in [-0.1, -0.05) is 19.9 Å². The summed E-state index contributed by atoms with van der Waals surface area (Å²) in [5, 5.41) is 7.53. The van der Waals surface area contributed by atoms with Crippen LogP contribution in [0.25, 0.3) is 11.3 Å². The summed E-state index contributed by atoms with van der Waals surface area (Å²) >= 11 is 0. The van der Waals surface area contributed by atoms with E-state index in [1.807, 2.05) is 27.0 Å². The third-order valence-corrected chi connectivity index (χ3v) is 8.30. The van der Waals surface area contributed by atoms with Gasteiger partial charge in [-0.05, 0) is 42.5 Å². The van der Waals surface area contributed by atoms with Crippen LogP contribution in [0.2, 0.25) is 0 Å². The van der Waals surface area contributed by atoms with Gasteiger partial charge in [0.15, 0.2) is 9.84 Å². The van der Waals surface area contributed by atoms with Crippen LogP contribution in [-0.4, -0.2) is 47.4 Å². The number of pyridine rings is 1. The van der Waals surface area contributed by atoms with Crippen LogP contribution in [0, 0.1) is 18.3 Å². The van der Waals surface area contributed by atoms with Crippen LogP contribution in [0.1, 0.15) is 37.2 Å². The first-order valence-electron chi connectivity index (χ1n) is 12.3. The van der Waals surface area contributed by atoms with Crippen molar-refractivity contribution in [2.24, 2.45) is 23.4 Å². The predicted octanol–water partition coefficient (Wildman–Crippen LogP) is 4.99. The molecule has 0 bridgehead atoms. The molecule has 0 spiro atoms. The van der Waals surface area contributed by atoms with Crippen LogP contribution in [0.5, 0.6) is 0 Å². The molecule has 3 heterocycles. The predicted molar refractivity (Wildman–Crippen MR) is 141 cm³/mol. The number of benzene rings is 1. The number of rotatable bonds is 8. The number of nitrogens with zero attached hydrogens (tertiary/aromatic N) is 4. The minimum atomic E-state index is -3.70. The van der Waals surface area contributed by atoms with Crippen molar-refractivity contribution in [1.82, 2.24) is 14.8 Å². The highest BCUT2D eigenvalue weighted by Crippen LogP contribution is 2.52. The van der Waals surface area contributed by atoms with Crippen LogP contribution in [0.4, 0.5) is 25.8 Å². The quantitative estimate of drug-likeness (QED) is 0.431. The number of aliphatic imine (C=N–C) groups is 1. The molecule has 0 unspecified atom stereocenters. The average molecular weight is 542 g/mol. The van der Waals surface area contributed by atoms with Crippen LogP contribution < -0.4 is 5.32 Å². The van der Waals surface area contributed by atoms with E-state index in [9.17, 15) is 22.0 Å². The second kappa shape index (κ2) is 9.07. The largest absolute Gasteiger partial charge is 0.353 e. The Morgan fingerprint density at radius 3 is 2.53 bits per heavy atom. The number of hydrogen-bond acceptors (Lipinski definition) is 7. The maximum absolute atomic E-state index is 13.5. The molecule has 1 fully saturated rings. The topological polar surface area (TPSA) is 106 Å². The Balaban J connectivity index is 1.56. The highest BCUT2D eigenvalue weighted by atomic mass is 32.2. The van der Waals surface area contributed by atoms with Crippen molar-refractivity contribution in [1.29, 1.82) is 0 Å². The Kier molecular flexibility index (Phi) is 6.24. The minimum Gasteiger partial charge on any atom is -0.353 e. The lowest BCUT2D eigenvalue weighted by molar-refractivity contribution is -0.120. The van der Waals surface area contributed by atoms with Gasteiger partial charge < -0.3 is 5.32 Å². The lowest BCUT2D eigenvalue weighted by Gasteiger charge is -2.15. The van der Waals surface area contributed by atoms with Gasteiger partial charge in [0.2, 0.25) is 0 Å². The smallest absolute Gasteiger partial charge is 0.277 e. The number of aryl methyl sites for hydroxylation is 2. The van der Waals surface area contributed by atoms with Crippen LogP contribution in [-0.2, 0) is 34.5 Å². The zero-order chi connectivity index (χ0) is 27.6. The van der Waals surface area contributed by atoms with Crippen molar-refractivity contribution in [3.8, 4) is 11.3 Å². The first-order chi connectivity index (χ1) is 17.7. The molecular formula is C27H29F2N5O3S. The Morgan fingerprint density at radius 2 is 1.95 bits per heavy atom. The first kappa shape index (κ1) is 26.1. The first-order valence-corrected chi connectivity index (χ1v) is 14.1. The number of anilines is 2. The number of sulfone groups is 1. The number of Topliss-reactive ketones (excluding diaryl/α,β-unsaturated/α-hetero) is 1. The standard InChI is InChI=1S/C27H29F2N5O3S/c1-14-13-34(4)33-24(14)15-6-7-18(23(8-15)38(5,36)37)31-19-9-16(10-22(35)17-12-27(17,2)3)30-20-11-21(26(28)29)32-25(19)20/h6-9,13,17,26H,10-12H2,1-5H3,(H,30,31)/t17-/m1/s1. The lowest BCUT2D eigenvalue weighted by Crippen LogP contribution is -2.13. The van der Waals surface area contributed by atoms with Crippen molar-refractivity contribution < 1.29 is 22.0 Å². The zero-order valence-corrected chi connectivity index (χ0v) is 22.7. The molecule has 38 heavy (non-hydrogen) atoms. The third-order valence-electron chi connectivity index (χ3n) is 7.17. The third kappa shape index (κ3) is 4.99. The van der Waals surface area contributed by atoms with E-state index in [2.05, 4.69) is 20.4 Å². The molecule has 200 valence electrons. The van der Waals surface area contributed by atoms with Gasteiger partial charge in [0.25, 0.3) is 6.43 Å². The Hall–Kier alpha value is -3.47. The van der Waals surface area contributed by atoms with Gasteiger partial charge in [0.1, 0.15) is 11.5 Å². The fourth-order valence-corrected chi connectivity index (χ4v) is 5.86. The van der Waals surface area contributed by atoms with Gasteiger partial charge >= 0.3 is 0 Å². The van der Waals surface area contributed by atoms with E-state index in [1.54, 1.807) is 36.0 Å². The van der Waals surface area contributed by atoms with Gasteiger partial charge in [0.05, 0.1) is 39.1 Å². The van der Waals surface area contributed by atoms with E-state index in [4.69, 9.17) is 0 Å². The van der Waals surface area contributed by atoms with Crippen molar-refractivity contribution in [2.75, 3.05) is 11.6 Å². The van der Waals surface area contributed by atoms with Gasteiger partial charge in [-0.3, -0.25) is 14.5 Å². The lowest BCUT2D eigenvalue weighted by atomic mass is 10.0. The summed E-state index contributed by atoms with van der Waals surface area (Å²) < 4.78 is 54.3. The highest BCUT2D eigenvalue weighted by molar-refractivity contribution is 7.90. The number of fused-ring (bicyclic) bond motifs is 1. The molecule has 3 aromatic rings. The molecule has 2 aliphatic rings. The number of hydrogen-bond donors (Lipinski definition) is 1. The summed E-state index contributed by atoms with van der Waals surface area (Å²) in [7, 11) is -1.91. The Bertz CT molecular complexity index is 1610. The Labute approximate surface area is 220 Å². The van der Waals surface area contributed by atoms with Gasteiger partial charge in [-0.2, -0.15) is 5.10 Å². The number of halogens is 2. The molecule has 1 saturated carbocycles. The maximum atomic E-state index is 13.5. The molecule has 1 aliphatic carbocycles. The maximum Gasteiger partial charge on any atom is 0.277 e. The molecule has 0 radical (unpaired) electrons. The monoisotopic (exact) mass is 541 g/mol. The van der Waals surface area contributed by atoms with Crippen LogP contribution >= 0.6 is 0 Å². The average Bonchev–Trinajstić information content (AvgIpc) is 3.12. The van der Waals surface area contributed by atoms with E-state index >= 15 is 0 Å².